The molecule has 0 spiro atoms. The Labute approximate surface area is 200 Å². The fourth-order valence-corrected chi connectivity index (χ4v) is 4.20. The molecule has 0 radical (unpaired) electrons. The molecule has 0 aromatic heterocycles. The van der Waals surface area contributed by atoms with E-state index in [4.69, 9.17) is 15.8 Å². The van der Waals surface area contributed by atoms with Crippen molar-refractivity contribution in [3.63, 3.8) is 0 Å². The van der Waals surface area contributed by atoms with E-state index in [1.165, 1.54) is 66.7 Å². The van der Waals surface area contributed by atoms with Crippen LogP contribution in [0.1, 0.15) is 11.1 Å². The van der Waals surface area contributed by atoms with Crippen molar-refractivity contribution in [1.29, 1.82) is 0 Å². The number of urea groups is 1. The highest BCUT2D eigenvalue weighted by Crippen LogP contribution is 2.25. The molecule has 0 aliphatic carbocycles. The summed E-state index contributed by atoms with van der Waals surface area (Å²) in [6, 6.07) is 17.1. The van der Waals surface area contributed by atoms with E-state index in [9.17, 15) is 22.8 Å². The first-order valence-corrected chi connectivity index (χ1v) is 11.7. The van der Waals surface area contributed by atoms with Gasteiger partial charge in [-0.1, -0.05) is 41.4 Å². The average molecular weight is 497 g/mol. The zero-order valence-electron chi connectivity index (χ0n) is 17.7. The van der Waals surface area contributed by atoms with Crippen LogP contribution in [0.2, 0.25) is 5.02 Å². The van der Waals surface area contributed by atoms with Gasteiger partial charge in [0.1, 0.15) is 16.2 Å². The normalized spacial score (nSPS) is 15.4. The lowest BCUT2D eigenvalue weighted by molar-refractivity contribution is -0.122. The number of amides is 4. The molecule has 8 nitrogen and oxygen atoms in total. The number of anilines is 1. The molecule has 0 saturated carbocycles. The van der Waals surface area contributed by atoms with Gasteiger partial charge in [0.2, 0.25) is 0 Å². The molecule has 1 aliphatic rings. The number of nitrogens with zero attached hydrogens (tertiary/aromatic N) is 1. The molecule has 0 unspecified atom stereocenters. The van der Waals surface area contributed by atoms with Crippen molar-refractivity contribution < 1.29 is 27.0 Å². The average Bonchev–Trinajstić information content (AvgIpc) is 2.79. The van der Waals surface area contributed by atoms with Crippen molar-refractivity contribution in [3.05, 3.63) is 94.5 Å². The van der Waals surface area contributed by atoms with Gasteiger partial charge in [-0.05, 0) is 67.1 Å². The number of hydrogen-bond acceptors (Lipinski definition) is 6. The molecule has 4 rings (SSSR count). The van der Waals surface area contributed by atoms with Crippen molar-refractivity contribution in [1.82, 2.24) is 5.32 Å². The first kappa shape index (κ1) is 23.2. The molecule has 1 heterocycles. The smallest absolute Gasteiger partial charge is 0.339 e. The fourth-order valence-electron chi connectivity index (χ4n) is 3.15. The second-order valence-electron chi connectivity index (χ2n) is 7.35. The van der Waals surface area contributed by atoms with Gasteiger partial charge in [-0.15, -0.1) is 0 Å². The highest BCUT2D eigenvalue weighted by molar-refractivity contribution is 7.87. The number of imide groups is 2. The van der Waals surface area contributed by atoms with E-state index in [2.05, 4.69) is 5.32 Å². The molecule has 3 aromatic rings. The summed E-state index contributed by atoms with van der Waals surface area (Å²) in [5, 5.41) is 2.55. The van der Waals surface area contributed by atoms with E-state index >= 15 is 0 Å². The standard InChI is InChI=1S/C24H17ClN2O6S/c1-15-2-12-20(13-3-15)34(31,32)33-19-10-4-16(5-11-19)14-21-22(28)26-24(30)27(23(21)29)18-8-6-17(25)7-9-18/h2-14H,1H3,(H,26,28,30)/b21-14+. The number of carbonyl (C=O) groups is 3. The second-order valence-corrected chi connectivity index (χ2v) is 9.34. The summed E-state index contributed by atoms with van der Waals surface area (Å²) >= 11 is 5.86. The summed E-state index contributed by atoms with van der Waals surface area (Å²) in [5.74, 6) is -1.60. The van der Waals surface area contributed by atoms with E-state index in [1.54, 1.807) is 12.1 Å². The van der Waals surface area contributed by atoms with Gasteiger partial charge in [0, 0.05) is 5.02 Å². The molecule has 1 aliphatic heterocycles. The third-order valence-corrected chi connectivity index (χ3v) is 6.41. The molecular formula is C24H17ClN2O6S. The molecule has 0 bridgehead atoms. The quantitative estimate of drug-likeness (QED) is 0.324. The number of carbonyl (C=O) groups excluding carboxylic acids is 3. The molecule has 1 saturated heterocycles. The van der Waals surface area contributed by atoms with E-state index < -0.39 is 28.0 Å². The number of hydrogen-bond donors (Lipinski definition) is 1. The predicted octanol–water partition coefficient (Wildman–Crippen LogP) is 4.08. The zero-order chi connectivity index (χ0) is 24.5. The molecular weight excluding hydrogens is 480 g/mol. The van der Waals surface area contributed by atoms with Gasteiger partial charge < -0.3 is 4.18 Å². The van der Waals surface area contributed by atoms with Crippen molar-refractivity contribution >= 4 is 51.3 Å². The molecule has 1 fully saturated rings. The van der Waals surface area contributed by atoms with Crippen LogP contribution in [0, 0.1) is 6.92 Å². The Morgan fingerprint density at radius 1 is 0.882 bits per heavy atom. The van der Waals surface area contributed by atoms with Crippen LogP contribution in [0.15, 0.2) is 83.3 Å². The largest absolute Gasteiger partial charge is 0.379 e. The number of barbiturate groups is 1. The topological polar surface area (TPSA) is 110 Å². The minimum atomic E-state index is -4.02. The Bertz CT molecular complexity index is 1410. The Kier molecular flexibility index (Phi) is 6.23. The SMILES string of the molecule is Cc1ccc(S(=O)(=O)Oc2ccc(/C=C3\C(=O)NC(=O)N(c4ccc(Cl)cc4)C3=O)cc2)cc1. The van der Waals surface area contributed by atoms with Gasteiger partial charge in [-0.25, -0.2) is 9.69 Å². The number of halogens is 1. The summed E-state index contributed by atoms with van der Waals surface area (Å²) in [5.41, 5.74) is 1.31. The van der Waals surface area contributed by atoms with Gasteiger partial charge in [0.05, 0.1) is 5.69 Å². The maximum atomic E-state index is 12.9. The second kappa shape index (κ2) is 9.12. The molecule has 3 aromatic carbocycles. The Morgan fingerprint density at radius 3 is 2.12 bits per heavy atom. The van der Waals surface area contributed by atoms with Crippen LogP contribution in [0.4, 0.5) is 10.5 Å². The van der Waals surface area contributed by atoms with Crippen LogP contribution in [-0.4, -0.2) is 26.3 Å². The van der Waals surface area contributed by atoms with Gasteiger partial charge >= 0.3 is 16.1 Å². The summed E-state index contributed by atoms with van der Waals surface area (Å²) in [4.78, 5) is 38.3. The number of aryl methyl sites for hydroxylation is 1. The van der Waals surface area contributed by atoms with Crippen molar-refractivity contribution in [3.8, 4) is 5.75 Å². The minimum Gasteiger partial charge on any atom is -0.379 e. The fraction of sp³-hybridized carbons (Fsp3) is 0.0417. The summed E-state index contributed by atoms with van der Waals surface area (Å²) < 4.78 is 30.0. The summed E-state index contributed by atoms with van der Waals surface area (Å²) in [6.07, 6.45) is 1.30. The van der Waals surface area contributed by atoms with Crippen LogP contribution in [0.25, 0.3) is 6.08 Å². The number of rotatable bonds is 5. The van der Waals surface area contributed by atoms with E-state index in [0.717, 1.165) is 10.5 Å². The number of nitrogens with one attached hydrogen (secondary N) is 1. The Balaban J connectivity index is 1.56. The first-order chi connectivity index (χ1) is 16.1. The van der Waals surface area contributed by atoms with Crippen molar-refractivity contribution in [2.45, 2.75) is 11.8 Å². The number of benzene rings is 3. The van der Waals surface area contributed by atoms with Crippen molar-refractivity contribution in [2.75, 3.05) is 4.90 Å². The zero-order valence-corrected chi connectivity index (χ0v) is 19.3. The van der Waals surface area contributed by atoms with Gasteiger partial charge in [-0.3, -0.25) is 14.9 Å². The predicted molar refractivity (Wildman–Crippen MR) is 126 cm³/mol. The molecule has 34 heavy (non-hydrogen) atoms. The molecule has 172 valence electrons. The van der Waals surface area contributed by atoms with Gasteiger partial charge in [0.25, 0.3) is 11.8 Å². The van der Waals surface area contributed by atoms with Crippen LogP contribution < -0.4 is 14.4 Å². The van der Waals surface area contributed by atoms with Crippen LogP contribution in [0.3, 0.4) is 0 Å². The van der Waals surface area contributed by atoms with E-state index in [1.807, 2.05) is 6.92 Å². The highest BCUT2D eigenvalue weighted by atomic mass is 35.5. The van der Waals surface area contributed by atoms with Crippen LogP contribution in [-0.2, 0) is 19.7 Å². The lowest BCUT2D eigenvalue weighted by Gasteiger charge is -2.26. The van der Waals surface area contributed by atoms with E-state index in [0.29, 0.717) is 10.6 Å². The van der Waals surface area contributed by atoms with Gasteiger partial charge in [-0.2, -0.15) is 8.42 Å². The summed E-state index contributed by atoms with van der Waals surface area (Å²) in [6.45, 7) is 1.84. The lowest BCUT2D eigenvalue weighted by Crippen LogP contribution is -2.54. The Morgan fingerprint density at radius 2 is 1.50 bits per heavy atom. The molecule has 0 atom stereocenters. The summed E-state index contributed by atoms with van der Waals surface area (Å²) in [7, 11) is -4.02. The van der Waals surface area contributed by atoms with E-state index in [-0.39, 0.29) is 21.9 Å². The van der Waals surface area contributed by atoms with Crippen LogP contribution >= 0.6 is 11.6 Å². The Hall–Kier alpha value is -3.95. The lowest BCUT2D eigenvalue weighted by atomic mass is 10.1. The minimum absolute atomic E-state index is 0.0146. The molecule has 10 heteroatoms. The van der Waals surface area contributed by atoms with Gasteiger partial charge in [0.15, 0.2) is 0 Å². The third kappa shape index (κ3) is 4.85. The third-order valence-electron chi connectivity index (χ3n) is 4.89. The monoisotopic (exact) mass is 496 g/mol. The maximum Gasteiger partial charge on any atom is 0.339 e. The van der Waals surface area contributed by atoms with Crippen molar-refractivity contribution in [2.24, 2.45) is 0 Å². The molecule has 1 N–H and O–H groups in total. The highest BCUT2D eigenvalue weighted by Gasteiger charge is 2.36. The maximum absolute atomic E-state index is 12.9. The van der Waals surface area contributed by atoms with Crippen LogP contribution in [0.5, 0.6) is 5.75 Å². The molecule has 4 amide bonds. The first-order valence-electron chi connectivity index (χ1n) is 9.92.